The molecule has 1 aromatic carbocycles. The van der Waals surface area contributed by atoms with Gasteiger partial charge in [-0.1, -0.05) is 11.6 Å². The minimum absolute atomic E-state index is 0.209. The van der Waals surface area contributed by atoms with Crippen LogP contribution in [-0.4, -0.2) is 28.4 Å². The molecule has 0 spiro atoms. The van der Waals surface area contributed by atoms with Crippen molar-refractivity contribution in [3.8, 4) is 5.75 Å². The normalized spacial score (nSPS) is 24.7. The predicted molar refractivity (Wildman–Crippen MR) is 75.3 cm³/mol. The molecule has 1 aliphatic rings. The van der Waals surface area contributed by atoms with Gasteiger partial charge in [-0.05, 0) is 51.3 Å². The second-order valence-corrected chi connectivity index (χ2v) is 5.39. The Hall–Kier alpha value is -1.22. The Morgan fingerprint density at radius 1 is 1.33 bits per heavy atom. The lowest BCUT2D eigenvalue weighted by molar-refractivity contribution is 0.109. The molecular weight excluding hydrogens is 248 g/mol. The highest BCUT2D eigenvalue weighted by atomic mass is 35.5. The summed E-state index contributed by atoms with van der Waals surface area (Å²) in [7, 11) is 0. The molecule has 1 aliphatic heterocycles. The van der Waals surface area contributed by atoms with Crippen LogP contribution in [0.3, 0.4) is 0 Å². The van der Waals surface area contributed by atoms with Gasteiger partial charge in [0.25, 0.3) is 0 Å². The highest BCUT2D eigenvalue weighted by molar-refractivity contribution is 6.30. The Labute approximate surface area is 113 Å². The van der Waals surface area contributed by atoms with Crippen molar-refractivity contribution in [1.29, 1.82) is 0 Å². The Balaban J connectivity index is 2.16. The summed E-state index contributed by atoms with van der Waals surface area (Å²) in [6.07, 6.45) is 5.29. The van der Waals surface area contributed by atoms with Gasteiger partial charge < -0.3 is 5.11 Å². The minimum atomic E-state index is 0.209. The molecule has 3 nitrogen and oxygen atoms in total. The van der Waals surface area contributed by atoms with Gasteiger partial charge in [0, 0.05) is 22.7 Å². The molecule has 4 heteroatoms. The molecule has 0 amide bonds. The number of piperidine rings is 1. The fourth-order valence-corrected chi connectivity index (χ4v) is 2.57. The number of aromatic hydroxyl groups is 1. The molecule has 98 valence electrons. The van der Waals surface area contributed by atoms with E-state index in [0.717, 1.165) is 0 Å². The second kappa shape index (κ2) is 5.61. The largest absolute Gasteiger partial charge is 0.507 e. The van der Waals surface area contributed by atoms with E-state index >= 15 is 0 Å². The van der Waals surface area contributed by atoms with Crippen LogP contribution in [0.4, 0.5) is 0 Å². The summed E-state index contributed by atoms with van der Waals surface area (Å²) in [6, 6.07) is 5.88. The van der Waals surface area contributed by atoms with E-state index in [1.165, 1.54) is 19.3 Å². The van der Waals surface area contributed by atoms with Crippen molar-refractivity contribution in [2.75, 3.05) is 0 Å². The first-order valence-electron chi connectivity index (χ1n) is 6.39. The highest BCUT2D eigenvalue weighted by Gasteiger charge is 2.22. The summed E-state index contributed by atoms with van der Waals surface area (Å²) in [5, 5.41) is 17.0. The zero-order valence-electron chi connectivity index (χ0n) is 10.8. The number of hydrazone groups is 1. The second-order valence-electron chi connectivity index (χ2n) is 4.96. The average Bonchev–Trinajstić information content (AvgIpc) is 2.33. The van der Waals surface area contributed by atoms with Crippen LogP contribution >= 0.6 is 11.6 Å². The number of phenols is 1. The standard InChI is InChI=1S/C14H19ClN2O/c1-10-4-3-5-11(2)17(10)16-9-12-8-13(15)6-7-14(12)18/h6-11,18H,3-5H2,1-2H3/b16-9+/t10-,11+. The molecule has 0 bridgehead atoms. The monoisotopic (exact) mass is 266 g/mol. The maximum absolute atomic E-state index is 9.73. The van der Waals surface area contributed by atoms with Gasteiger partial charge in [-0.25, -0.2) is 0 Å². The van der Waals surface area contributed by atoms with E-state index in [-0.39, 0.29) is 5.75 Å². The maximum atomic E-state index is 9.73. The number of rotatable bonds is 2. The topological polar surface area (TPSA) is 35.8 Å². The third-order valence-corrected chi connectivity index (χ3v) is 3.70. The van der Waals surface area contributed by atoms with Gasteiger partial charge in [0.1, 0.15) is 5.75 Å². The van der Waals surface area contributed by atoms with Crippen LogP contribution in [0.5, 0.6) is 5.75 Å². The van der Waals surface area contributed by atoms with Gasteiger partial charge >= 0.3 is 0 Å². The zero-order valence-corrected chi connectivity index (χ0v) is 11.6. The molecule has 2 atom stereocenters. The minimum Gasteiger partial charge on any atom is -0.507 e. The number of nitrogens with zero attached hydrogens (tertiary/aromatic N) is 2. The molecule has 0 unspecified atom stereocenters. The van der Waals surface area contributed by atoms with E-state index < -0.39 is 0 Å². The van der Waals surface area contributed by atoms with E-state index in [2.05, 4.69) is 24.0 Å². The number of phenolic OH excluding ortho intramolecular Hbond substituents is 1. The van der Waals surface area contributed by atoms with Gasteiger partial charge in [0.15, 0.2) is 0 Å². The van der Waals surface area contributed by atoms with Crippen molar-refractivity contribution in [2.24, 2.45) is 5.10 Å². The Morgan fingerprint density at radius 2 is 2.00 bits per heavy atom. The van der Waals surface area contributed by atoms with E-state index in [0.29, 0.717) is 22.7 Å². The van der Waals surface area contributed by atoms with Crippen LogP contribution in [-0.2, 0) is 0 Å². The first-order chi connectivity index (χ1) is 8.58. The first kappa shape index (κ1) is 13.2. The van der Waals surface area contributed by atoms with Gasteiger partial charge in [-0.15, -0.1) is 0 Å². The van der Waals surface area contributed by atoms with Crippen LogP contribution in [0.15, 0.2) is 23.3 Å². The van der Waals surface area contributed by atoms with Crippen molar-refractivity contribution in [2.45, 2.75) is 45.2 Å². The molecule has 0 saturated carbocycles. The highest BCUT2D eigenvalue weighted by Crippen LogP contribution is 2.24. The Kier molecular flexibility index (Phi) is 4.12. The molecule has 1 aromatic rings. The molecule has 1 fully saturated rings. The van der Waals surface area contributed by atoms with Crippen molar-refractivity contribution in [1.82, 2.24) is 5.01 Å². The molecule has 1 heterocycles. The molecule has 1 saturated heterocycles. The van der Waals surface area contributed by atoms with Crippen LogP contribution in [0.1, 0.15) is 38.7 Å². The molecule has 2 rings (SSSR count). The SMILES string of the molecule is C[C@@H]1CCC[C@H](C)N1/N=C/c1cc(Cl)ccc1O. The summed E-state index contributed by atoms with van der Waals surface area (Å²) < 4.78 is 0. The van der Waals surface area contributed by atoms with Crippen molar-refractivity contribution in [3.05, 3.63) is 28.8 Å². The van der Waals surface area contributed by atoms with Gasteiger partial charge in [-0.3, -0.25) is 5.01 Å². The third kappa shape index (κ3) is 2.96. The van der Waals surface area contributed by atoms with Crippen LogP contribution in [0, 0.1) is 0 Å². The fraction of sp³-hybridized carbons (Fsp3) is 0.500. The van der Waals surface area contributed by atoms with Gasteiger partial charge in [0.2, 0.25) is 0 Å². The molecule has 0 radical (unpaired) electrons. The lowest BCUT2D eigenvalue weighted by atomic mass is 10.00. The van der Waals surface area contributed by atoms with Crippen LogP contribution in [0.25, 0.3) is 0 Å². The number of hydrogen-bond donors (Lipinski definition) is 1. The Bertz CT molecular complexity index is 437. The van der Waals surface area contributed by atoms with E-state index in [9.17, 15) is 5.11 Å². The molecule has 0 aromatic heterocycles. The summed E-state index contributed by atoms with van der Waals surface area (Å²) in [4.78, 5) is 0. The molecule has 1 N–H and O–H groups in total. The van der Waals surface area contributed by atoms with E-state index in [1.807, 2.05) is 0 Å². The van der Waals surface area contributed by atoms with Crippen LogP contribution < -0.4 is 0 Å². The fourth-order valence-electron chi connectivity index (χ4n) is 2.39. The first-order valence-corrected chi connectivity index (χ1v) is 6.76. The van der Waals surface area contributed by atoms with Crippen molar-refractivity contribution < 1.29 is 5.11 Å². The smallest absolute Gasteiger partial charge is 0.124 e. The summed E-state index contributed by atoms with van der Waals surface area (Å²) in [5.41, 5.74) is 0.660. The molecular formula is C14H19ClN2O. The van der Waals surface area contributed by atoms with Gasteiger partial charge in [0.05, 0.1) is 6.21 Å². The third-order valence-electron chi connectivity index (χ3n) is 3.47. The van der Waals surface area contributed by atoms with Crippen molar-refractivity contribution in [3.63, 3.8) is 0 Å². The number of halogens is 1. The van der Waals surface area contributed by atoms with E-state index in [4.69, 9.17) is 11.6 Å². The van der Waals surface area contributed by atoms with Gasteiger partial charge in [-0.2, -0.15) is 5.10 Å². The average molecular weight is 267 g/mol. The lowest BCUT2D eigenvalue weighted by Gasteiger charge is -2.36. The molecule has 0 aliphatic carbocycles. The number of hydrogen-bond acceptors (Lipinski definition) is 3. The predicted octanol–water partition coefficient (Wildman–Crippen LogP) is 3.64. The van der Waals surface area contributed by atoms with Crippen molar-refractivity contribution >= 4 is 17.8 Å². The van der Waals surface area contributed by atoms with E-state index in [1.54, 1.807) is 24.4 Å². The quantitative estimate of drug-likeness (QED) is 0.830. The molecule has 18 heavy (non-hydrogen) atoms. The lowest BCUT2D eigenvalue weighted by Crippen LogP contribution is -2.39. The zero-order chi connectivity index (χ0) is 13.1. The summed E-state index contributed by atoms with van der Waals surface area (Å²) in [6.45, 7) is 4.37. The van der Waals surface area contributed by atoms with Crippen LogP contribution in [0.2, 0.25) is 5.02 Å². The summed E-state index contributed by atoms with van der Waals surface area (Å²) in [5.74, 6) is 0.209. The number of benzene rings is 1. The summed E-state index contributed by atoms with van der Waals surface area (Å²) >= 11 is 5.91. The Morgan fingerprint density at radius 3 is 2.67 bits per heavy atom. The maximum Gasteiger partial charge on any atom is 0.124 e.